The number of fused-ring (bicyclic) bond motifs is 1. The third kappa shape index (κ3) is 6.13. The van der Waals surface area contributed by atoms with E-state index in [-0.39, 0.29) is 28.6 Å². The van der Waals surface area contributed by atoms with Crippen molar-refractivity contribution >= 4 is 22.6 Å². The van der Waals surface area contributed by atoms with Crippen molar-refractivity contribution in [1.29, 1.82) is 0 Å². The van der Waals surface area contributed by atoms with Crippen LogP contribution in [0.25, 0.3) is 22.2 Å². The van der Waals surface area contributed by atoms with E-state index in [1.165, 1.54) is 25.9 Å². The third-order valence-corrected chi connectivity index (χ3v) is 7.98. The lowest BCUT2D eigenvalue weighted by molar-refractivity contribution is -0.926. The number of quaternary nitrogens is 1. The van der Waals surface area contributed by atoms with E-state index in [9.17, 15) is 14.9 Å². The van der Waals surface area contributed by atoms with E-state index in [2.05, 4.69) is 16.8 Å². The Bertz CT molecular complexity index is 2060. The van der Waals surface area contributed by atoms with Gasteiger partial charge < -0.3 is 33.5 Å². The zero-order valence-corrected chi connectivity index (χ0v) is 28.2. The predicted octanol–water partition coefficient (Wildman–Crippen LogP) is 5.22. The molecule has 0 aliphatic rings. The fraction of sp³-hybridized carbons (Fsp3) is 0.286. The first-order valence-corrected chi connectivity index (χ1v) is 14.9. The van der Waals surface area contributed by atoms with E-state index in [0.29, 0.717) is 63.0 Å². The van der Waals surface area contributed by atoms with Crippen LogP contribution < -0.4 is 18.9 Å². The molecule has 2 heterocycles. The van der Waals surface area contributed by atoms with Gasteiger partial charge in [-0.2, -0.15) is 5.10 Å². The molecular formula is C35H37N6O7+. The van der Waals surface area contributed by atoms with Gasteiger partial charge in [0, 0.05) is 16.5 Å². The Morgan fingerprint density at radius 3 is 2.17 bits per heavy atom. The highest BCUT2D eigenvalue weighted by atomic mass is 16.6. The molecule has 0 atom stereocenters. The van der Waals surface area contributed by atoms with E-state index in [1.807, 2.05) is 44.4 Å². The summed E-state index contributed by atoms with van der Waals surface area (Å²) in [5, 5.41) is 17.4. The number of ether oxygens (including phenoxy) is 4. The monoisotopic (exact) mass is 653 g/mol. The van der Waals surface area contributed by atoms with Crippen LogP contribution in [-0.4, -0.2) is 77.1 Å². The van der Waals surface area contributed by atoms with Crippen molar-refractivity contribution in [3.8, 4) is 46.1 Å². The first kappa shape index (κ1) is 33.5. The molecule has 2 aromatic heterocycles. The largest absolute Gasteiger partial charge is 0.495 e. The number of hydrogen-bond donors (Lipinski definition) is 0. The van der Waals surface area contributed by atoms with E-state index in [0.717, 1.165) is 5.56 Å². The first-order valence-electron chi connectivity index (χ1n) is 14.9. The Balaban J connectivity index is 1.66. The highest BCUT2D eigenvalue weighted by Crippen LogP contribution is 2.40. The molecule has 0 aliphatic heterocycles. The Morgan fingerprint density at radius 2 is 1.60 bits per heavy atom. The lowest BCUT2D eigenvalue weighted by Crippen LogP contribution is -2.41. The number of ketones is 1. The maximum Gasteiger partial charge on any atom is 0.435 e. The maximum absolute atomic E-state index is 14.2. The van der Waals surface area contributed by atoms with Gasteiger partial charge in [0.1, 0.15) is 18.0 Å². The molecule has 0 amide bonds. The normalized spacial score (nSPS) is 11.2. The van der Waals surface area contributed by atoms with Gasteiger partial charge in [-0.1, -0.05) is 41.2 Å². The zero-order valence-electron chi connectivity index (χ0n) is 28.2. The third-order valence-electron chi connectivity index (χ3n) is 7.98. The molecular weight excluding hydrogens is 616 g/mol. The topological polar surface area (TPSA) is 133 Å². The van der Waals surface area contributed by atoms with Crippen LogP contribution in [0.4, 0.5) is 5.95 Å². The Labute approximate surface area is 278 Å². The number of rotatable bonds is 12. The average Bonchev–Trinajstić information content (AvgIpc) is 3.60. The van der Waals surface area contributed by atoms with E-state index < -0.39 is 4.92 Å². The highest BCUT2D eigenvalue weighted by molar-refractivity contribution is 6.16. The van der Waals surface area contributed by atoms with Crippen molar-refractivity contribution in [2.75, 3.05) is 42.5 Å². The van der Waals surface area contributed by atoms with Crippen LogP contribution in [0.2, 0.25) is 0 Å². The molecule has 0 radical (unpaired) electrons. The number of methoxy groups -OCH3 is 4. The number of benzene rings is 3. The predicted molar refractivity (Wildman–Crippen MR) is 179 cm³/mol. The van der Waals surface area contributed by atoms with Crippen LogP contribution >= 0.6 is 0 Å². The summed E-state index contributed by atoms with van der Waals surface area (Å²) in [7, 11) is 11.6. The van der Waals surface area contributed by atoms with Crippen LogP contribution in [-0.2, 0) is 20.3 Å². The summed E-state index contributed by atoms with van der Waals surface area (Å²) in [5.74, 6) is 7.05. The number of hydrogen-bond acceptors (Lipinski definition) is 9. The minimum Gasteiger partial charge on any atom is -0.495 e. The summed E-state index contributed by atoms with van der Waals surface area (Å²) in [6.07, 6.45) is 0. The molecule has 5 rings (SSSR count). The maximum atomic E-state index is 14.2. The molecule has 0 unspecified atom stereocenters. The second kappa shape index (κ2) is 13.5. The van der Waals surface area contributed by atoms with Gasteiger partial charge >= 0.3 is 5.95 Å². The van der Waals surface area contributed by atoms with Crippen molar-refractivity contribution in [3.63, 3.8) is 0 Å². The van der Waals surface area contributed by atoms with Crippen molar-refractivity contribution in [3.05, 3.63) is 87.2 Å². The smallest absolute Gasteiger partial charge is 0.435 e. The van der Waals surface area contributed by atoms with Crippen LogP contribution in [0, 0.1) is 22.0 Å². The second-order valence-electron chi connectivity index (χ2n) is 11.6. The van der Waals surface area contributed by atoms with Gasteiger partial charge in [-0.25, -0.2) is 9.25 Å². The van der Waals surface area contributed by atoms with Gasteiger partial charge in [-0.3, -0.25) is 4.79 Å². The number of imidazole rings is 1. The quantitative estimate of drug-likeness (QED) is 0.0585. The second-order valence-corrected chi connectivity index (χ2v) is 11.6. The molecule has 0 saturated heterocycles. The molecule has 0 aliphatic carbocycles. The summed E-state index contributed by atoms with van der Waals surface area (Å²) in [6.45, 7) is 2.33. The van der Waals surface area contributed by atoms with Gasteiger partial charge in [-0.15, -0.1) is 5.92 Å². The molecule has 0 fully saturated rings. The minimum absolute atomic E-state index is 0.197. The molecule has 13 nitrogen and oxygen atoms in total. The lowest BCUT2D eigenvalue weighted by Gasteiger charge is -2.29. The van der Waals surface area contributed by atoms with Crippen molar-refractivity contribution in [2.24, 2.45) is 7.05 Å². The van der Waals surface area contributed by atoms with Crippen LogP contribution in [0.1, 0.15) is 34.2 Å². The summed E-state index contributed by atoms with van der Waals surface area (Å²) < 4.78 is 25.7. The Morgan fingerprint density at radius 1 is 0.958 bits per heavy atom. The van der Waals surface area contributed by atoms with E-state index in [4.69, 9.17) is 24.0 Å². The van der Waals surface area contributed by atoms with Crippen LogP contribution in [0.3, 0.4) is 0 Å². The molecule has 48 heavy (non-hydrogen) atoms. The summed E-state index contributed by atoms with van der Waals surface area (Å²) in [5.41, 5.74) is 3.65. The molecule has 0 bridgehead atoms. The molecule has 13 heteroatoms. The van der Waals surface area contributed by atoms with E-state index >= 15 is 0 Å². The molecule has 0 spiro atoms. The lowest BCUT2D eigenvalue weighted by atomic mass is 10.0. The molecule has 3 aromatic carbocycles. The number of nitro groups is 1. The van der Waals surface area contributed by atoms with Gasteiger partial charge in [0.2, 0.25) is 11.5 Å². The molecule has 0 N–H and O–H groups in total. The molecule has 0 saturated carbocycles. The Hall–Kier alpha value is -5.87. The number of carbonyl (C=O) groups is 1. The minimum atomic E-state index is -0.486. The SMILES string of the molecule is CC#Cc1c(OC)ccc2c(C(=O)c3cc(OC)c(OC)c(OC)c3)nn(C[N+](C)(C)Cc3c(-c4ccccc4)nc([N+](=O)[O-])n3C)c12. The Kier molecular flexibility index (Phi) is 9.40. The summed E-state index contributed by atoms with van der Waals surface area (Å²) in [4.78, 5) is 30.1. The van der Waals surface area contributed by atoms with Crippen LogP contribution in [0.5, 0.6) is 23.0 Å². The number of aromatic nitrogens is 4. The van der Waals surface area contributed by atoms with Crippen LogP contribution in [0.15, 0.2) is 54.6 Å². The highest BCUT2D eigenvalue weighted by Gasteiger charge is 2.33. The summed E-state index contributed by atoms with van der Waals surface area (Å²) >= 11 is 0. The van der Waals surface area contributed by atoms with Crippen molar-refractivity contribution in [1.82, 2.24) is 19.3 Å². The van der Waals surface area contributed by atoms with E-state index in [1.54, 1.807) is 50.0 Å². The fourth-order valence-electron chi connectivity index (χ4n) is 5.80. The van der Waals surface area contributed by atoms with Gasteiger partial charge in [0.05, 0.1) is 60.7 Å². The first-order chi connectivity index (χ1) is 23.0. The number of nitrogens with zero attached hydrogens (tertiary/aromatic N) is 6. The standard InChI is InChI=1S/C35H37N6O7/c1-9-13-24-27(45-5)17-16-25-31(33(42)23-18-28(46-6)34(48-8)29(19-23)47-7)37-39(32(24)25)21-41(3,4)20-26-30(22-14-11-10-12-15-22)36-35(38(26)2)40(43)44/h10-12,14-19H,20-21H2,1-8H3/q+1. The average molecular weight is 654 g/mol. The van der Waals surface area contributed by atoms with Gasteiger partial charge in [-0.05, 0) is 36.1 Å². The number of carbonyl (C=O) groups excluding carboxylic acids is 1. The molecule has 5 aromatic rings. The zero-order chi connectivity index (χ0) is 34.7. The van der Waals surface area contributed by atoms with Crippen molar-refractivity contribution < 1.29 is 33.1 Å². The van der Waals surface area contributed by atoms with Crippen molar-refractivity contribution in [2.45, 2.75) is 20.1 Å². The molecule has 248 valence electrons. The van der Waals surface area contributed by atoms with Gasteiger partial charge in [0.25, 0.3) is 0 Å². The summed E-state index contributed by atoms with van der Waals surface area (Å²) in [6, 6.07) is 16.1. The fourth-order valence-corrected chi connectivity index (χ4v) is 5.80. The van der Waals surface area contributed by atoms with Gasteiger partial charge in [0.15, 0.2) is 29.6 Å².